The highest BCUT2D eigenvalue weighted by molar-refractivity contribution is 7.56. The van der Waals surface area contributed by atoms with E-state index in [0.29, 0.717) is 0 Å². The highest BCUT2D eigenvalue weighted by Crippen LogP contribution is 2.51. The lowest BCUT2D eigenvalue weighted by molar-refractivity contribution is 0.341. The zero-order valence-electron chi connectivity index (χ0n) is 7.95. The van der Waals surface area contributed by atoms with Gasteiger partial charge < -0.3 is 29.4 Å². The van der Waals surface area contributed by atoms with Crippen LogP contribution in [0.4, 0.5) is 0 Å². The maximum Gasteiger partial charge on any atom is 0.329 e. The van der Waals surface area contributed by atoms with E-state index in [1.54, 1.807) is 0 Å². The van der Waals surface area contributed by atoms with Crippen molar-refractivity contribution in [3.63, 3.8) is 0 Å². The lowest BCUT2D eigenvalue weighted by Gasteiger charge is -2.18. The Labute approximate surface area is 91.0 Å². The Hall–Kier alpha value is 0.450. The van der Waals surface area contributed by atoms with Crippen LogP contribution in [0.2, 0.25) is 0 Å². The Morgan fingerprint density at radius 2 is 1.25 bits per heavy atom. The van der Waals surface area contributed by atoms with Gasteiger partial charge in [-0.2, -0.15) is 0 Å². The minimum atomic E-state index is -4.79. The van der Waals surface area contributed by atoms with Gasteiger partial charge in [-0.1, -0.05) is 0 Å². The smallest absolute Gasteiger partial charge is 0.324 e. The molecule has 98 valence electrons. The maximum atomic E-state index is 10.8. The van der Waals surface area contributed by atoms with Crippen molar-refractivity contribution in [2.45, 2.75) is 12.1 Å². The molecular formula is C4H13O9P3. The van der Waals surface area contributed by atoms with Gasteiger partial charge in [0.2, 0.25) is 0 Å². The molecule has 0 aromatic carbocycles. The van der Waals surface area contributed by atoms with Crippen LogP contribution in [0, 0.1) is 0 Å². The molecule has 12 heteroatoms. The molecule has 0 bridgehead atoms. The van der Waals surface area contributed by atoms with Crippen LogP contribution in [-0.4, -0.2) is 47.3 Å². The van der Waals surface area contributed by atoms with Crippen LogP contribution < -0.4 is 0 Å². The molecule has 6 N–H and O–H groups in total. The summed E-state index contributed by atoms with van der Waals surface area (Å²) in [5.41, 5.74) is -1.75. The first-order chi connectivity index (χ1) is 6.81. The fourth-order valence-electron chi connectivity index (χ4n) is 0.958. The first kappa shape index (κ1) is 16.4. The summed E-state index contributed by atoms with van der Waals surface area (Å²) in [6.07, 6.45) is -2.58. The lowest BCUT2D eigenvalue weighted by Crippen LogP contribution is -2.16. The molecule has 0 rings (SSSR count). The summed E-state index contributed by atoms with van der Waals surface area (Å²) >= 11 is 0. The second-order valence-electron chi connectivity index (χ2n) is 3.27. The van der Waals surface area contributed by atoms with Gasteiger partial charge in [-0.15, -0.1) is 0 Å². The van der Waals surface area contributed by atoms with Gasteiger partial charge in [0.05, 0.1) is 18.0 Å². The second kappa shape index (κ2) is 5.40. The van der Waals surface area contributed by atoms with E-state index in [2.05, 4.69) is 0 Å². The van der Waals surface area contributed by atoms with E-state index in [4.69, 9.17) is 29.4 Å². The summed E-state index contributed by atoms with van der Waals surface area (Å²) < 4.78 is 31.9. The average Bonchev–Trinajstić information content (AvgIpc) is 1.91. The average molecular weight is 298 g/mol. The Kier molecular flexibility index (Phi) is 5.55. The standard InChI is InChI=1S/C4H13O9P3/c5-14(6,7)2-1-4(16(11,12)13)3-15(8,9)10/h4H,1-3H2,(H2,5,6,7)(H2,8,9,10)(H2,11,12,13). The van der Waals surface area contributed by atoms with Crippen LogP contribution >= 0.6 is 22.8 Å². The van der Waals surface area contributed by atoms with Crippen LogP contribution in [0.25, 0.3) is 0 Å². The second-order valence-corrected chi connectivity index (χ2v) is 8.65. The van der Waals surface area contributed by atoms with Gasteiger partial charge in [0, 0.05) is 0 Å². The molecular weight excluding hydrogens is 285 g/mol. The Morgan fingerprint density at radius 1 is 0.812 bits per heavy atom. The van der Waals surface area contributed by atoms with Crippen LogP contribution in [0.5, 0.6) is 0 Å². The van der Waals surface area contributed by atoms with Gasteiger partial charge in [-0.3, -0.25) is 13.7 Å². The first-order valence-corrected chi connectivity index (χ1v) is 9.23. The Bertz CT molecular complexity index is 359. The third-order valence-corrected chi connectivity index (χ3v) is 5.12. The largest absolute Gasteiger partial charge is 0.329 e. The zero-order chi connectivity index (χ0) is 13.2. The van der Waals surface area contributed by atoms with Crippen LogP contribution in [0.1, 0.15) is 6.42 Å². The molecule has 0 aliphatic heterocycles. The maximum absolute atomic E-state index is 10.8. The minimum Gasteiger partial charge on any atom is -0.324 e. The normalized spacial score (nSPS) is 16.1. The summed E-state index contributed by atoms with van der Waals surface area (Å²) in [4.78, 5) is 51.6. The van der Waals surface area contributed by atoms with Crippen molar-refractivity contribution < 1.29 is 43.1 Å². The molecule has 0 aliphatic rings. The molecule has 0 saturated carbocycles. The Morgan fingerprint density at radius 3 is 1.50 bits per heavy atom. The molecule has 0 saturated heterocycles. The molecule has 9 nitrogen and oxygen atoms in total. The van der Waals surface area contributed by atoms with Crippen molar-refractivity contribution in [2.75, 3.05) is 12.3 Å². The summed E-state index contributed by atoms with van der Waals surface area (Å²) in [5.74, 6) is 0. The van der Waals surface area contributed by atoms with Crippen LogP contribution in [0.15, 0.2) is 0 Å². The fraction of sp³-hybridized carbons (Fsp3) is 1.00. The molecule has 1 unspecified atom stereocenters. The molecule has 0 aliphatic carbocycles. The van der Waals surface area contributed by atoms with Crippen molar-refractivity contribution in [3.8, 4) is 0 Å². The summed E-state index contributed by atoms with van der Waals surface area (Å²) in [7, 11) is -13.9. The van der Waals surface area contributed by atoms with Gasteiger partial charge in [-0.25, -0.2) is 0 Å². The molecule has 1 atom stereocenters. The topological polar surface area (TPSA) is 173 Å². The molecule has 16 heavy (non-hydrogen) atoms. The van der Waals surface area contributed by atoms with E-state index in [-0.39, 0.29) is 0 Å². The number of hydrogen-bond donors (Lipinski definition) is 6. The van der Waals surface area contributed by atoms with E-state index in [1.165, 1.54) is 0 Å². The lowest BCUT2D eigenvalue weighted by atomic mass is 10.4. The van der Waals surface area contributed by atoms with Crippen molar-refractivity contribution >= 4 is 22.8 Å². The van der Waals surface area contributed by atoms with Crippen molar-refractivity contribution in [3.05, 3.63) is 0 Å². The van der Waals surface area contributed by atoms with Crippen molar-refractivity contribution in [1.82, 2.24) is 0 Å². The summed E-state index contributed by atoms with van der Waals surface area (Å²) in [5, 5.41) is 0. The van der Waals surface area contributed by atoms with E-state index in [1.807, 2.05) is 0 Å². The number of hydrogen-bond acceptors (Lipinski definition) is 3. The zero-order valence-corrected chi connectivity index (χ0v) is 10.6. The Balaban J connectivity index is 4.66. The summed E-state index contributed by atoms with van der Waals surface area (Å²) in [6.45, 7) is 0. The SMILES string of the molecule is O=P(O)(O)CCC(CP(=O)(O)O)P(=O)(O)O. The highest BCUT2D eigenvalue weighted by atomic mass is 31.2. The molecule has 0 amide bonds. The molecule has 0 spiro atoms. The predicted octanol–water partition coefficient (Wildman–Crippen LogP) is -0.722. The van der Waals surface area contributed by atoms with Crippen LogP contribution in [0.3, 0.4) is 0 Å². The van der Waals surface area contributed by atoms with Gasteiger partial charge in [0.1, 0.15) is 0 Å². The van der Waals surface area contributed by atoms with Gasteiger partial charge >= 0.3 is 22.8 Å². The molecule has 0 heterocycles. The predicted molar refractivity (Wildman–Crippen MR) is 54.3 cm³/mol. The third-order valence-electron chi connectivity index (χ3n) is 1.68. The van der Waals surface area contributed by atoms with Gasteiger partial charge in [-0.05, 0) is 6.42 Å². The molecule has 0 fully saturated rings. The quantitative estimate of drug-likeness (QED) is 0.346. The molecule has 0 radical (unpaired) electrons. The third kappa shape index (κ3) is 8.58. The molecule has 0 aromatic heterocycles. The summed E-state index contributed by atoms with van der Waals surface area (Å²) in [6, 6.07) is 0. The van der Waals surface area contributed by atoms with Crippen molar-refractivity contribution in [2.24, 2.45) is 0 Å². The highest BCUT2D eigenvalue weighted by Gasteiger charge is 2.35. The van der Waals surface area contributed by atoms with E-state index >= 15 is 0 Å². The van der Waals surface area contributed by atoms with E-state index in [0.717, 1.165) is 0 Å². The van der Waals surface area contributed by atoms with Crippen molar-refractivity contribution in [1.29, 1.82) is 0 Å². The molecule has 0 aromatic rings. The minimum absolute atomic E-state index is 0.653. The van der Waals surface area contributed by atoms with Gasteiger partial charge in [0.15, 0.2) is 0 Å². The van der Waals surface area contributed by atoms with E-state index in [9.17, 15) is 13.7 Å². The van der Waals surface area contributed by atoms with E-state index < -0.39 is 47.2 Å². The first-order valence-electron chi connectivity index (χ1n) is 3.95. The fourth-order valence-corrected chi connectivity index (χ4v) is 4.50. The monoisotopic (exact) mass is 298 g/mol. The van der Waals surface area contributed by atoms with Gasteiger partial charge in [0.25, 0.3) is 0 Å². The van der Waals surface area contributed by atoms with Crippen LogP contribution in [-0.2, 0) is 13.7 Å². The number of rotatable bonds is 6.